The van der Waals surface area contributed by atoms with Gasteiger partial charge in [0.1, 0.15) is 5.82 Å². The van der Waals surface area contributed by atoms with Crippen molar-refractivity contribution in [2.75, 3.05) is 12.0 Å². The smallest absolute Gasteiger partial charge is 0.313 e. The van der Waals surface area contributed by atoms with Gasteiger partial charge in [-0.15, -0.1) is 10.2 Å². The van der Waals surface area contributed by atoms with Crippen LogP contribution in [0.4, 0.5) is 0 Å². The van der Waals surface area contributed by atoms with E-state index in [-0.39, 0.29) is 5.75 Å². The van der Waals surface area contributed by atoms with E-state index >= 15 is 0 Å². The maximum atomic E-state index is 10.7. The molecule has 0 saturated heterocycles. The molecule has 1 aromatic heterocycles. The second kappa shape index (κ2) is 6.17. The molecule has 0 unspecified atom stereocenters. The maximum Gasteiger partial charge on any atom is 0.313 e. The normalized spacial score (nSPS) is 16.5. The molecule has 0 amide bonds. The van der Waals surface area contributed by atoms with Gasteiger partial charge in [-0.05, 0) is 25.5 Å². The second-order valence-corrected chi connectivity index (χ2v) is 7.02. The minimum Gasteiger partial charge on any atom is -0.481 e. The molecule has 1 aromatic rings. The van der Waals surface area contributed by atoms with Gasteiger partial charge in [0.2, 0.25) is 0 Å². The lowest BCUT2D eigenvalue weighted by molar-refractivity contribution is -0.133. The van der Waals surface area contributed by atoms with Crippen LogP contribution in [-0.4, -0.2) is 42.6 Å². The lowest BCUT2D eigenvalue weighted by atomic mass is 10.3. The van der Waals surface area contributed by atoms with Gasteiger partial charge in [0.15, 0.2) is 5.16 Å². The van der Waals surface area contributed by atoms with Crippen molar-refractivity contribution in [3.8, 4) is 0 Å². The Morgan fingerprint density at radius 2 is 2.21 bits per heavy atom. The number of hydrogen-bond donors (Lipinski definition) is 1. The molecule has 1 saturated carbocycles. The molecule has 106 valence electrons. The number of carboxylic acids is 1. The number of aliphatic carboxylic acids is 1. The molecule has 1 aliphatic rings. The Bertz CT molecular complexity index is 458. The largest absolute Gasteiger partial charge is 0.481 e. The third-order valence-electron chi connectivity index (χ3n) is 3.28. The number of nitrogens with zero attached hydrogens (tertiary/aromatic N) is 3. The SMILES string of the molecule is CCCc1nnc(SCC(=O)O)n1CC1(SC)CC1. The van der Waals surface area contributed by atoms with E-state index in [1.165, 1.54) is 24.6 Å². The van der Waals surface area contributed by atoms with Crippen LogP contribution in [0.3, 0.4) is 0 Å². The highest BCUT2D eigenvalue weighted by Gasteiger charge is 2.43. The second-order valence-electron chi connectivity index (χ2n) is 4.80. The molecule has 0 bridgehead atoms. The van der Waals surface area contributed by atoms with Gasteiger partial charge < -0.3 is 9.67 Å². The van der Waals surface area contributed by atoms with E-state index in [0.29, 0.717) is 4.75 Å². The third kappa shape index (κ3) is 3.66. The molecule has 0 aliphatic heterocycles. The lowest BCUT2D eigenvalue weighted by Crippen LogP contribution is -2.17. The monoisotopic (exact) mass is 301 g/mol. The number of aryl methyl sites for hydroxylation is 1. The summed E-state index contributed by atoms with van der Waals surface area (Å²) in [5.74, 6) is 0.203. The predicted molar refractivity (Wildman–Crippen MR) is 77.9 cm³/mol. The average molecular weight is 301 g/mol. The number of hydrogen-bond acceptors (Lipinski definition) is 5. The first kappa shape index (κ1) is 14.7. The van der Waals surface area contributed by atoms with Gasteiger partial charge in [0, 0.05) is 17.7 Å². The summed E-state index contributed by atoms with van der Waals surface area (Å²) in [6, 6.07) is 0. The van der Waals surface area contributed by atoms with Crippen molar-refractivity contribution in [1.29, 1.82) is 0 Å². The van der Waals surface area contributed by atoms with E-state index in [1.54, 1.807) is 0 Å². The van der Waals surface area contributed by atoms with Gasteiger partial charge in [0.25, 0.3) is 0 Å². The quantitative estimate of drug-likeness (QED) is 0.743. The van der Waals surface area contributed by atoms with Crippen LogP contribution >= 0.6 is 23.5 Å². The number of thioether (sulfide) groups is 2. The van der Waals surface area contributed by atoms with Crippen molar-refractivity contribution < 1.29 is 9.90 Å². The average Bonchev–Trinajstić information content (AvgIpc) is 3.06. The summed E-state index contributed by atoms with van der Waals surface area (Å²) >= 11 is 3.16. The summed E-state index contributed by atoms with van der Waals surface area (Å²) in [5, 5.41) is 17.9. The summed E-state index contributed by atoms with van der Waals surface area (Å²) in [5.41, 5.74) is 0. The molecule has 1 heterocycles. The summed E-state index contributed by atoms with van der Waals surface area (Å²) in [6.07, 6.45) is 6.50. The summed E-state index contributed by atoms with van der Waals surface area (Å²) in [6.45, 7) is 3.02. The van der Waals surface area contributed by atoms with Crippen LogP contribution in [0.25, 0.3) is 0 Å². The van der Waals surface area contributed by atoms with Crippen LogP contribution in [0.15, 0.2) is 5.16 Å². The van der Waals surface area contributed by atoms with E-state index in [4.69, 9.17) is 5.11 Å². The van der Waals surface area contributed by atoms with Crippen LogP contribution in [0.1, 0.15) is 32.0 Å². The van der Waals surface area contributed by atoms with Crippen molar-refractivity contribution in [2.24, 2.45) is 0 Å². The summed E-state index contributed by atoms with van der Waals surface area (Å²) in [7, 11) is 0. The Morgan fingerprint density at radius 3 is 2.74 bits per heavy atom. The van der Waals surface area contributed by atoms with Gasteiger partial charge >= 0.3 is 5.97 Å². The van der Waals surface area contributed by atoms with Gasteiger partial charge in [-0.25, -0.2) is 0 Å². The zero-order valence-corrected chi connectivity index (χ0v) is 12.9. The van der Waals surface area contributed by atoms with E-state index in [1.807, 2.05) is 11.8 Å². The van der Waals surface area contributed by atoms with Crippen molar-refractivity contribution in [3.63, 3.8) is 0 Å². The van der Waals surface area contributed by atoms with E-state index < -0.39 is 5.97 Å². The topological polar surface area (TPSA) is 68.0 Å². The predicted octanol–water partition coefficient (Wildman–Crippen LogP) is 2.30. The minimum atomic E-state index is -0.817. The Kier molecular flexibility index (Phi) is 4.78. The van der Waals surface area contributed by atoms with Crippen LogP contribution in [0.2, 0.25) is 0 Å². The van der Waals surface area contributed by atoms with Gasteiger partial charge in [-0.1, -0.05) is 18.7 Å². The number of carboxylic acid groups (broad SMARTS) is 1. The third-order valence-corrected chi connectivity index (χ3v) is 5.63. The fourth-order valence-electron chi connectivity index (χ4n) is 1.97. The van der Waals surface area contributed by atoms with Crippen molar-refractivity contribution in [1.82, 2.24) is 14.8 Å². The molecule has 5 nitrogen and oxygen atoms in total. The Balaban J connectivity index is 2.15. The first-order chi connectivity index (χ1) is 9.10. The molecular weight excluding hydrogens is 282 g/mol. The van der Waals surface area contributed by atoms with Crippen LogP contribution < -0.4 is 0 Å². The zero-order chi connectivity index (χ0) is 13.9. The highest BCUT2D eigenvalue weighted by Crippen LogP contribution is 2.49. The van der Waals surface area contributed by atoms with Crippen molar-refractivity contribution >= 4 is 29.5 Å². The highest BCUT2D eigenvalue weighted by molar-refractivity contribution is 8.00. The molecule has 0 radical (unpaired) electrons. The van der Waals surface area contributed by atoms with E-state index in [2.05, 4.69) is 27.9 Å². The molecule has 1 N–H and O–H groups in total. The van der Waals surface area contributed by atoms with Gasteiger partial charge in [-0.3, -0.25) is 4.79 Å². The lowest BCUT2D eigenvalue weighted by Gasteiger charge is -2.16. The standard InChI is InChI=1S/C12H19N3O2S2/c1-3-4-9-13-14-11(19-7-10(16)17)15(9)8-12(18-2)5-6-12/h3-8H2,1-2H3,(H,16,17). The zero-order valence-electron chi connectivity index (χ0n) is 11.3. The molecular formula is C12H19N3O2S2. The summed E-state index contributed by atoms with van der Waals surface area (Å²) in [4.78, 5) is 10.7. The Hall–Kier alpha value is -0.690. The maximum absolute atomic E-state index is 10.7. The highest BCUT2D eigenvalue weighted by atomic mass is 32.2. The number of aromatic nitrogens is 3. The molecule has 7 heteroatoms. The van der Waals surface area contributed by atoms with Crippen LogP contribution in [0.5, 0.6) is 0 Å². The molecule has 2 rings (SSSR count). The van der Waals surface area contributed by atoms with Crippen molar-refractivity contribution in [2.45, 2.75) is 49.1 Å². The number of carbonyl (C=O) groups is 1. The van der Waals surface area contributed by atoms with Crippen LogP contribution in [0, 0.1) is 0 Å². The first-order valence-corrected chi connectivity index (χ1v) is 8.63. The Labute approximate surface area is 121 Å². The minimum absolute atomic E-state index is 0.0382. The molecule has 0 atom stereocenters. The first-order valence-electron chi connectivity index (χ1n) is 6.42. The fourth-order valence-corrected chi connectivity index (χ4v) is 3.42. The van der Waals surface area contributed by atoms with E-state index in [0.717, 1.165) is 30.4 Å². The fraction of sp³-hybridized carbons (Fsp3) is 0.750. The molecule has 1 aliphatic carbocycles. The molecule has 0 spiro atoms. The number of rotatable bonds is 8. The molecule has 1 fully saturated rings. The molecule has 0 aromatic carbocycles. The van der Waals surface area contributed by atoms with Gasteiger partial charge in [-0.2, -0.15) is 11.8 Å². The molecule has 19 heavy (non-hydrogen) atoms. The van der Waals surface area contributed by atoms with Gasteiger partial charge in [0.05, 0.1) is 5.75 Å². The Morgan fingerprint density at radius 1 is 1.47 bits per heavy atom. The van der Waals surface area contributed by atoms with Crippen molar-refractivity contribution in [3.05, 3.63) is 5.82 Å². The summed E-state index contributed by atoms with van der Waals surface area (Å²) < 4.78 is 2.45. The van der Waals surface area contributed by atoms with Crippen LogP contribution in [-0.2, 0) is 17.8 Å². The van der Waals surface area contributed by atoms with E-state index in [9.17, 15) is 4.79 Å².